The number of carbonyl (C=O) groups excluding carboxylic acids is 2. The van der Waals surface area contributed by atoms with Gasteiger partial charge in [0.2, 0.25) is 17.8 Å². The van der Waals surface area contributed by atoms with Crippen molar-refractivity contribution < 1.29 is 14.5 Å². The van der Waals surface area contributed by atoms with Gasteiger partial charge in [-0.05, 0) is 39.2 Å². The van der Waals surface area contributed by atoms with Gasteiger partial charge in [0, 0.05) is 36.3 Å². The van der Waals surface area contributed by atoms with Crippen LogP contribution in [-0.2, 0) is 9.59 Å². The summed E-state index contributed by atoms with van der Waals surface area (Å²) < 4.78 is 0. The third kappa shape index (κ3) is 4.05. The van der Waals surface area contributed by atoms with Gasteiger partial charge in [-0.3, -0.25) is 29.5 Å². The number of hydrogen-bond acceptors (Lipinski definition) is 7. The number of non-ortho nitro benzene ring substituents is 1. The fraction of sp³-hybridized carbons (Fsp3) is 0.429. The Labute approximate surface area is 183 Å². The summed E-state index contributed by atoms with van der Waals surface area (Å²) in [6.07, 6.45) is 2.79. The fourth-order valence-corrected chi connectivity index (χ4v) is 4.47. The summed E-state index contributed by atoms with van der Waals surface area (Å²) in [6.45, 7) is 4.12. The van der Waals surface area contributed by atoms with E-state index in [2.05, 4.69) is 34.4 Å². The summed E-state index contributed by atoms with van der Waals surface area (Å²) in [5, 5.41) is 16.2. The lowest BCUT2D eigenvalue weighted by Crippen LogP contribution is -2.46. The summed E-state index contributed by atoms with van der Waals surface area (Å²) in [5.41, 5.74) is -0.394. The van der Waals surface area contributed by atoms with Crippen LogP contribution in [0.2, 0.25) is 0 Å². The first-order chi connectivity index (χ1) is 15.2. The van der Waals surface area contributed by atoms with Gasteiger partial charge >= 0.3 is 0 Å². The van der Waals surface area contributed by atoms with Crippen LogP contribution < -0.4 is 21.1 Å². The molecule has 2 aromatic rings. The number of benzene rings is 1. The zero-order valence-electron chi connectivity index (χ0n) is 17.8. The van der Waals surface area contributed by atoms with Crippen LogP contribution in [0.4, 0.5) is 23.1 Å². The molecular formula is C21H24N6O5. The summed E-state index contributed by atoms with van der Waals surface area (Å²) in [5.74, 6) is -1.67. The highest BCUT2D eigenvalue weighted by Gasteiger charge is 2.36. The molecule has 32 heavy (non-hydrogen) atoms. The van der Waals surface area contributed by atoms with Crippen molar-refractivity contribution >= 4 is 35.0 Å². The summed E-state index contributed by atoms with van der Waals surface area (Å²) in [6, 6.07) is 5.81. The van der Waals surface area contributed by atoms with E-state index in [1.807, 2.05) is 4.90 Å². The molecule has 4 rings (SSSR count). The average molecular weight is 440 g/mol. The highest BCUT2D eigenvalue weighted by atomic mass is 16.6. The van der Waals surface area contributed by atoms with E-state index < -0.39 is 28.2 Å². The second-order valence-electron chi connectivity index (χ2n) is 8.29. The largest absolute Gasteiger partial charge is 0.337 e. The minimum Gasteiger partial charge on any atom is -0.337 e. The molecule has 2 aliphatic rings. The number of aromatic amines is 1. The Morgan fingerprint density at radius 3 is 2.66 bits per heavy atom. The highest BCUT2D eigenvalue weighted by molar-refractivity contribution is 6.04. The molecule has 1 fully saturated rings. The van der Waals surface area contributed by atoms with Crippen LogP contribution in [0.15, 0.2) is 29.1 Å². The second kappa shape index (κ2) is 8.40. The van der Waals surface area contributed by atoms with Gasteiger partial charge in [-0.2, -0.15) is 4.98 Å². The first kappa shape index (κ1) is 21.5. The van der Waals surface area contributed by atoms with Gasteiger partial charge in [0.25, 0.3) is 11.2 Å². The van der Waals surface area contributed by atoms with Crippen molar-refractivity contribution in [2.45, 2.75) is 57.5 Å². The number of H-pyrrole nitrogens is 1. The van der Waals surface area contributed by atoms with Crippen molar-refractivity contribution in [2.75, 3.05) is 15.5 Å². The number of fused-ring (bicyclic) bond motifs is 1. The molecule has 1 aromatic heterocycles. The van der Waals surface area contributed by atoms with Crippen LogP contribution in [0.25, 0.3) is 0 Å². The van der Waals surface area contributed by atoms with Crippen LogP contribution in [0.1, 0.15) is 51.0 Å². The SMILES string of the molecule is C[C@@H]1CCC[C@H](C)N1c1nc2c(c(=O)[nH]1)[C@H](C(=O)Nc1cccc([N+](=O)[O-])c1)CC(=O)N2. The van der Waals surface area contributed by atoms with E-state index in [9.17, 15) is 24.5 Å². The second-order valence-corrected chi connectivity index (χ2v) is 8.29. The highest BCUT2D eigenvalue weighted by Crippen LogP contribution is 2.32. The van der Waals surface area contributed by atoms with E-state index in [4.69, 9.17) is 0 Å². The minimum absolute atomic E-state index is 0.0733. The molecule has 3 atom stereocenters. The van der Waals surface area contributed by atoms with Crippen molar-refractivity contribution in [3.8, 4) is 0 Å². The zero-order valence-corrected chi connectivity index (χ0v) is 17.8. The van der Waals surface area contributed by atoms with Gasteiger partial charge in [-0.15, -0.1) is 0 Å². The third-order valence-electron chi connectivity index (χ3n) is 6.02. The van der Waals surface area contributed by atoms with Gasteiger partial charge in [-0.25, -0.2) is 0 Å². The third-order valence-corrected chi connectivity index (χ3v) is 6.02. The van der Waals surface area contributed by atoms with Crippen molar-refractivity contribution in [1.29, 1.82) is 0 Å². The summed E-state index contributed by atoms with van der Waals surface area (Å²) >= 11 is 0. The number of nitrogens with one attached hydrogen (secondary N) is 3. The summed E-state index contributed by atoms with van der Waals surface area (Å²) in [7, 11) is 0. The molecule has 0 unspecified atom stereocenters. The van der Waals surface area contributed by atoms with Gasteiger partial charge < -0.3 is 15.5 Å². The molecule has 11 heteroatoms. The number of carbonyl (C=O) groups is 2. The van der Waals surface area contributed by atoms with Crippen LogP contribution >= 0.6 is 0 Å². The molecule has 0 saturated carbocycles. The molecule has 2 aliphatic heterocycles. The van der Waals surface area contributed by atoms with Crippen LogP contribution in [0, 0.1) is 10.1 Å². The standard InChI is InChI=1S/C21H24N6O5/c1-11-5-3-6-12(2)26(11)21-24-18-17(20(30)25-21)15(10-16(28)23-18)19(29)22-13-7-4-8-14(9-13)27(31)32/h4,7-9,11-12,15H,3,5-6,10H2,1-2H3,(H,22,29)(H2,23,24,25,28,30)/t11-,12+,15-/m1/s1. The molecule has 2 amide bonds. The molecule has 168 valence electrons. The van der Waals surface area contributed by atoms with E-state index in [1.165, 1.54) is 24.3 Å². The number of nitro benzene ring substituents is 1. The lowest BCUT2D eigenvalue weighted by molar-refractivity contribution is -0.384. The van der Waals surface area contributed by atoms with E-state index in [-0.39, 0.29) is 41.3 Å². The quantitative estimate of drug-likeness (QED) is 0.488. The van der Waals surface area contributed by atoms with Crippen LogP contribution in [0.5, 0.6) is 0 Å². The maximum absolute atomic E-state index is 13.0. The van der Waals surface area contributed by atoms with Gasteiger partial charge in [0.05, 0.1) is 16.4 Å². The predicted octanol–water partition coefficient (Wildman–Crippen LogP) is 2.51. The number of piperidine rings is 1. The van der Waals surface area contributed by atoms with E-state index >= 15 is 0 Å². The Morgan fingerprint density at radius 2 is 1.97 bits per heavy atom. The lowest BCUT2D eigenvalue weighted by atomic mass is 9.92. The molecule has 3 heterocycles. The van der Waals surface area contributed by atoms with Crippen molar-refractivity contribution in [3.63, 3.8) is 0 Å². The number of aromatic nitrogens is 2. The molecule has 3 N–H and O–H groups in total. The van der Waals surface area contributed by atoms with E-state index in [1.54, 1.807) is 0 Å². The number of amides is 2. The van der Waals surface area contributed by atoms with Gasteiger partial charge in [0.15, 0.2) is 0 Å². The smallest absolute Gasteiger partial charge is 0.271 e. The lowest BCUT2D eigenvalue weighted by Gasteiger charge is -2.39. The van der Waals surface area contributed by atoms with Crippen LogP contribution in [0.3, 0.4) is 0 Å². The predicted molar refractivity (Wildman–Crippen MR) is 118 cm³/mol. The fourth-order valence-electron chi connectivity index (χ4n) is 4.47. The monoisotopic (exact) mass is 440 g/mol. The zero-order chi connectivity index (χ0) is 23.0. The summed E-state index contributed by atoms with van der Waals surface area (Å²) in [4.78, 5) is 58.0. The molecular weight excluding hydrogens is 416 g/mol. The Bertz CT molecular complexity index is 1140. The molecule has 0 aliphatic carbocycles. The number of rotatable bonds is 4. The molecule has 1 saturated heterocycles. The maximum Gasteiger partial charge on any atom is 0.271 e. The Morgan fingerprint density at radius 1 is 1.25 bits per heavy atom. The minimum atomic E-state index is -1.07. The maximum atomic E-state index is 13.0. The number of anilines is 3. The Balaban J connectivity index is 1.66. The first-order valence-corrected chi connectivity index (χ1v) is 10.5. The molecule has 0 spiro atoms. The topological polar surface area (TPSA) is 150 Å². The van der Waals surface area contributed by atoms with Crippen molar-refractivity contribution in [1.82, 2.24) is 9.97 Å². The molecule has 0 radical (unpaired) electrons. The van der Waals surface area contributed by atoms with Crippen LogP contribution in [-0.4, -0.2) is 38.8 Å². The Hall–Kier alpha value is -3.76. The molecule has 1 aromatic carbocycles. The average Bonchev–Trinajstić information content (AvgIpc) is 2.73. The van der Waals surface area contributed by atoms with E-state index in [0.29, 0.717) is 5.95 Å². The number of hydrogen-bond donors (Lipinski definition) is 3. The number of nitrogens with zero attached hydrogens (tertiary/aromatic N) is 3. The van der Waals surface area contributed by atoms with Gasteiger partial charge in [-0.1, -0.05) is 6.07 Å². The van der Waals surface area contributed by atoms with Crippen molar-refractivity contribution in [2.24, 2.45) is 0 Å². The molecule has 11 nitrogen and oxygen atoms in total. The van der Waals surface area contributed by atoms with Gasteiger partial charge in [0.1, 0.15) is 5.82 Å². The normalized spacial score (nSPS) is 22.6. The Kier molecular flexibility index (Phi) is 5.64. The molecule has 0 bridgehead atoms. The first-order valence-electron chi connectivity index (χ1n) is 10.5. The number of nitro groups is 1. The van der Waals surface area contributed by atoms with Crippen molar-refractivity contribution in [3.05, 3.63) is 50.3 Å². The van der Waals surface area contributed by atoms with E-state index in [0.717, 1.165) is 19.3 Å².